The van der Waals surface area contributed by atoms with Gasteiger partial charge in [0.05, 0.1) is 5.56 Å². The summed E-state index contributed by atoms with van der Waals surface area (Å²) in [5, 5.41) is 22.9. The Balaban J connectivity index is 1.75. The second-order valence-electron chi connectivity index (χ2n) is 5.26. The number of nitrogens with zero attached hydrogens (tertiary/aromatic N) is 3. The third-order valence-electron chi connectivity index (χ3n) is 3.43. The van der Waals surface area contributed by atoms with Crippen molar-refractivity contribution in [1.29, 1.82) is 0 Å². The van der Waals surface area contributed by atoms with Crippen LogP contribution in [0.5, 0.6) is 0 Å². The van der Waals surface area contributed by atoms with E-state index in [0.29, 0.717) is 12.1 Å². The minimum atomic E-state index is -0.585. The van der Waals surface area contributed by atoms with Crippen LogP contribution in [0, 0.1) is 0 Å². The maximum absolute atomic E-state index is 9.91. The van der Waals surface area contributed by atoms with Gasteiger partial charge in [-0.3, -0.25) is 5.21 Å². The Bertz CT molecular complexity index is 475. The number of aliphatic hydroxyl groups excluding tert-OH is 1. The number of β-amino-alcohol motifs (C(OH)–C–C–N with tert-alkyl or cyclic N) is 1. The van der Waals surface area contributed by atoms with Gasteiger partial charge < -0.3 is 20.6 Å². The van der Waals surface area contributed by atoms with Crippen molar-refractivity contribution in [2.24, 2.45) is 10.9 Å². The third kappa shape index (κ3) is 5.20. The predicted octanol–water partition coefficient (Wildman–Crippen LogP) is -0.305. The Labute approximate surface area is 124 Å². The number of pyridine rings is 1. The number of hydrogen-bond donors (Lipinski definition) is 3. The van der Waals surface area contributed by atoms with Crippen molar-refractivity contribution in [3.05, 3.63) is 30.1 Å². The van der Waals surface area contributed by atoms with Gasteiger partial charge in [0.25, 0.3) is 0 Å². The lowest BCUT2D eigenvalue weighted by Crippen LogP contribution is -2.38. The van der Waals surface area contributed by atoms with Crippen molar-refractivity contribution >= 4 is 5.84 Å². The van der Waals surface area contributed by atoms with Crippen LogP contribution >= 0.6 is 0 Å². The zero-order chi connectivity index (χ0) is 15.1. The van der Waals surface area contributed by atoms with Crippen molar-refractivity contribution in [1.82, 2.24) is 4.90 Å². The Hall–Kier alpha value is -1.86. The van der Waals surface area contributed by atoms with Crippen LogP contribution in [0.25, 0.3) is 0 Å². The van der Waals surface area contributed by atoms with E-state index in [9.17, 15) is 10.3 Å². The number of hydrogen-bond acceptors (Lipinski definition) is 5. The molecule has 0 aromatic carbocycles. The quantitative estimate of drug-likeness (QED) is 0.220. The van der Waals surface area contributed by atoms with Crippen molar-refractivity contribution in [3.8, 4) is 0 Å². The van der Waals surface area contributed by atoms with E-state index < -0.39 is 6.10 Å². The number of aromatic nitrogens is 1. The van der Waals surface area contributed by atoms with Crippen molar-refractivity contribution in [2.45, 2.75) is 25.4 Å². The molecule has 1 atom stereocenters. The lowest BCUT2D eigenvalue weighted by Gasteiger charge is -2.27. The Kier molecular flexibility index (Phi) is 5.77. The third-order valence-corrected chi connectivity index (χ3v) is 3.43. The summed E-state index contributed by atoms with van der Waals surface area (Å²) in [5.41, 5.74) is 6.29. The lowest BCUT2D eigenvalue weighted by molar-refractivity contribution is -0.904. The fraction of sp³-hybridized carbons (Fsp3) is 0.571. The standard InChI is InChI=1S/C14H23N4O3/c15-14(12-5-4-8-18(20)9-12)16-21-11-13(19)10-17-6-2-1-3-7-17/h4-5,8-9,13,19-20H,1-3,6-7,10-11H2,(H2,15,16)/q+1. The highest BCUT2D eigenvalue weighted by Gasteiger charge is 2.15. The topological polar surface area (TPSA) is 95.2 Å². The fourth-order valence-electron chi connectivity index (χ4n) is 2.35. The van der Waals surface area contributed by atoms with Gasteiger partial charge in [-0.05, 0) is 32.0 Å². The molecule has 0 aliphatic carbocycles. The summed E-state index contributed by atoms with van der Waals surface area (Å²) < 4.78 is 0.892. The molecule has 1 aromatic rings. The molecule has 1 fully saturated rings. The summed E-state index contributed by atoms with van der Waals surface area (Å²) in [5.74, 6) is 0.156. The Morgan fingerprint density at radius 1 is 1.43 bits per heavy atom. The summed E-state index contributed by atoms with van der Waals surface area (Å²) in [6.45, 7) is 2.76. The van der Waals surface area contributed by atoms with Crippen LogP contribution in [0.2, 0.25) is 0 Å². The van der Waals surface area contributed by atoms with E-state index in [2.05, 4.69) is 10.1 Å². The normalized spacial score (nSPS) is 18.4. The summed E-state index contributed by atoms with van der Waals surface area (Å²) in [7, 11) is 0. The molecule has 0 spiro atoms. The second-order valence-corrected chi connectivity index (χ2v) is 5.26. The molecule has 0 amide bonds. The minimum absolute atomic E-state index is 0.100. The molecule has 1 unspecified atom stereocenters. The van der Waals surface area contributed by atoms with Gasteiger partial charge in [-0.1, -0.05) is 11.6 Å². The minimum Gasteiger partial charge on any atom is -0.391 e. The first-order valence-corrected chi connectivity index (χ1v) is 7.22. The monoisotopic (exact) mass is 295 g/mol. The molecule has 0 saturated carbocycles. The van der Waals surface area contributed by atoms with Crippen LogP contribution in [-0.4, -0.2) is 53.4 Å². The smallest absolute Gasteiger partial charge is 0.233 e. The molecule has 1 saturated heterocycles. The maximum Gasteiger partial charge on any atom is 0.233 e. The molecule has 4 N–H and O–H groups in total. The van der Waals surface area contributed by atoms with Crippen LogP contribution in [0.4, 0.5) is 0 Å². The number of rotatable bonds is 6. The highest BCUT2D eigenvalue weighted by molar-refractivity contribution is 5.96. The molecular formula is C14H23N4O3+. The molecule has 2 heterocycles. The zero-order valence-corrected chi connectivity index (χ0v) is 12.1. The van der Waals surface area contributed by atoms with Gasteiger partial charge in [0, 0.05) is 17.3 Å². The van der Waals surface area contributed by atoms with Crippen LogP contribution in [0.1, 0.15) is 24.8 Å². The largest absolute Gasteiger partial charge is 0.391 e. The van der Waals surface area contributed by atoms with Crippen LogP contribution < -0.4 is 10.5 Å². The molecule has 0 bridgehead atoms. The number of oxime groups is 1. The maximum atomic E-state index is 9.91. The van der Waals surface area contributed by atoms with Gasteiger partial charge >= 0.3 is 0 Å². The predicted molar refractivity (Wildman–Crippen MR) is 76.8 cm³/mol. The number of likely N-dealkylation sites (tertiary alicyclic amines) is 1. The number of aliphatic hydroxyl groups is 1. The molecule has 116 valence electrons. The van der Waals surface area contributed by atoms with E-state index >= 15 is 0 Å². The zero-order valence-electron chi connectivity index (χ0n) is 12.1. The molecule has 1 aromatic heterocycles. The van der Waals surface area contributed by atoms with Crippen LogP contribution in [-0.2, 0) is 4.84 Å². The first-order chi connectivity index (χ1) is 10.1. The summed E-state index contributed by atoms with van der Waals surface area (Å²) in [4.78, 5) is 7.32. The van der Waals surface area contributed by atoms with E-state index in [1.807, 2.05) is 0 Å². The number of piperidine rings is 1. The second kappa shape index (κ2) is 7.80. The molecule has 7 nitrogen and oxygen atoms in total. The lowest BCUT2D eigenvalue weighted by atomic mass is 10.1. The average molecular weight is 295 g/mol. The summed E-state index contributed by atoms with van der Waals surface area (Å²) in [6, 6.07) is 3.35. The Morgan fingerprint density at radius 2 is 2.19 bits per heavy atom. The van der Waals surface area contributed by atoms with E-state index in [4.69, 9.17) is 10.6 Å². The molecule has 1 aliphatic rings. The van der Waals surface area contributed by atoms with E-state index in [1.165, 1.54) is 31.7 Å². The van der Waals surface area contributed by atoms with E-state index in [1.54, 1.807) is 12.1 Å². The Morgan fingerprint density at radius 3 is 2.90 bits per heavy atom. The first-order valence-electron chi connectivity index (χ1n) is 7.22. The fourth-order valence-corrected chi connectivity index (χ4v) is 2.35. The number of nitrogens with two attached hydrogens (primary N) is 1. The van der Waals surface area contributed by atoms with Gasteiger partial charge in [-0.25, -0.2) is 0 Å². The first kappa shape index (κ1) is 15.5. The molecular weight excluding hydrogens is 272 g/mol. The SMILES string of the molecule is N/C(=N\OCC(O)CN1CCCCC1)c1ccc[n+](O)c1. The van der Waals surface area contributed by atoms with Gasteiger partial charge in [0.2, 0.25) is 12.4 Å². The van der Waals surface area contributed by atoms with Gasteiger partial charge in [0.1, 0.15) is 12.7 Å². The molecule has 21 heavy (non-hydrogen) atoms. The summed E-state index contributed by atoms with van der Waals surface area (Å²) in [6.07, 6.45) is 5.96. The highest BCUT2D eigenvalue weighted by atomic mass is 16.6. The van der Waals surface area contributed by atoms with Gasteiger partial charge in [-0.2, -0.15) is 0 Å². The van der Waals surface area contributed by atoms with Crippen molar-refractivity contribution < 1.29 is 19.9 Å². The molecule has 1 aliphatic heterocycles. The van der Waals surface area contributed by atoms with Crippen LogP contribution in [0.15, 0.2) is 29.7 Å². The molecule has 7 heteroatoms. The van der Waals surface area contributed by atoms with Crippen molar-refractivity contribution in [2.75, 3.05) is 26.2 Å². The van der Waals surface area contributed by atoms with Gasteiger partial charge in [0.15, 0.2) is 5.84 Å². The van der Waals surface area contributed by atoms with Crippen LogP contribution in [0.3, 0.4) is 0 Å². The molecule has 0 radical (unpaired) electrons. The van der Waals surface area contributed by atoms with Crippen molar-refractivity contribution in [3.63, 3.8) is 0 Å². The number of amidine groups is 1. The van der Waals surface area contributed by atoms with Gasteiger partial charge in [-0.15, -0.1) is 0 Å². The molecule has 2 rings (SSSR count). The summed E-state index contributed by atoms with van der Waals surface area (Å²) >= 11 is 0. The van der Waals surface area contributed by atoms with E-state index in [0.717, 1.165) is 17.8 Å². The average Bonchev–Trinajstić information content (AvgIpc) is 2.48. The van der Waals surface area contributed by atoms with E-state index in [-0.39, 0.29) is 12.4 Å². The highest BCUT2D eigenvalue weighted by Crippen LogP contribution is 2.09.